The van der Waals surface area contributed by atoms with Crippen molar-refractivity contribution in [2.75, 3.05) is 18.5 Å². The van der Waals surface area contributed by atoms with Crippen LogP contribution in [0.15, 0.2) is 12.3 Å². The van der Waals surface area contributed by atoms with Gasteiger partial charge in [0.1, 0.15) is 0 Å². The first-order valence-corrected chi connectivity index (χ1v) is 6.49. The molecular formula is C13H21N3O2. The SMILES string of the molecule is CCCOc1ccnc(NC2(C)CCOC2C)n1. The van der Waals surface area contributed by atoms with Crippen LogP contribution in [0.25, 0.3) is 0 Å². The van der Waals surface area contributed by atoms with Gasteiger partial charge in [0.25, 0.3) is 0 Å². The van der Waals surface area contributed by atoms with E-state index in [4.69, 9.17) is 9.47 Å². The van der Waals surface area contributed by atoms with Crippen LogP contribution in [0.4, 0.5) is 5.95 Å². The molecule has 2 atom stereocenters. The molecule has 0 amide bonds. The number of nitrogens with zero attached hydrogens (tertiary/aromatic N) is 2. The minimum atomic E-state index is -0.108. The first-order chi connectivity index (χ1) is 8.64. The topological polar surface area (TPSA) is 56.3 Å². The van der Waals surface area contributed by atoms with Gasteiger partial charge in [0.2, 0.25) is 11.8 Å². The van der Waals surface area contributed by atoms with Crippen LogP contribution in [0, 0.1) is 0 Å². The lowest BCUT2D eigenvalue weighted by Gasteiger charge is -2.28. The summed E-state index contributed by atoms with van der Waals surface area (Å²) in [5.41, 5.74) is -0.108. The van der Waals surface area contributed by atoms with Crippen LogP contribution in [0.2, 0.25) is 0 Å². The molecule has 0 bridgehead atoms. The lowest BCUT2D eigenvalue weighted by Crippen LogP contribution is -2.41. The maximum absolute atomic E-state index is 5.59. The predicted molar refractivity (Wildman–Crippen MR) is 69.9 cm³/mol. The number of nitrogens with one attached hydrogen (secondary N) is 1. The van der Waals surface area contributed by atoms with Crippen molar-refractivity contribution in [3.8, 4) is 5.88 Å². The van der Waals surface area contributed by atoms with Gasteiger partial charge in [-0.05, 0) is 26.7 Å². The highest BCUT2D eigenvalue weighted by Crippen LogP contribution is 2.28. The Morgan fingerprint density at radius 2 is 2.44 bits per heavy atom. The van der Waals surface area contributed by atoms with Gasteiger partial charge in [-0.1, -0.05) is 6.92 Å². The second-order valence-corrected chi connectivity index (χ2v) is 4.87. The number of hydrogen-bond acceptors (Lipinski definition) is 5. The Bertz CT molecular complexity index is 400. The third kappa shape index (κ3) is 2.90. The fourth-order valence-corrected chi connectivity index (χ4v) is 1.94. The van der Waals surface area contributed by atoms with Crippen LogP contribution in [-0.2, 0) is 4.74 Å². The van der Waals surface area contributed by atoms with Crippen LogP contribution in [0.3, 0.4) is 0 Å². The van der Waals surface area contributed by atoms with E-state index in [-0.39, 0.29) is 11.6 Å². The second kappa shape index (κ2) is 5.52. The molecule has 1 aliphatic rings. The van der Waals surface area contributed by atoms with E-state index in [0.29, 0.717) is 18.4 Å². The average Bonchev–Trinajstić information content (AvgIpc) is 2.67. The van der Waals surface area contributed by atoms with Crippen molar-refractivity contribution in [3.63, 3.8) is 0 Å². The van der Waals surface area contributed by atoms with Gasteiger partial charge in [-0.2, -0.15) is 4.98 Å². The minimum absolute atomic E-state index is 0.108. The van der Waals surface area contributed by atoms with Crippen molar-refractivity contribution in [2.45, 2.75) is 45.3 Å². The molecule has 100 valence electrons. The molecule has 2 unspecified atom stereocenters. The van der Waals surface area contributed by atoms with E-state index in [1.54, 1.807) is 12.3 Å². The molecule has 18 heavy (non-hydrogen) atoms. The summed E-state index contributed by atoms with van der Waals surface area (Å²) in [6.45, 7) is 7.72. The molecule has 5 heteroatoms. The summed E-state index contributed by atoms with van der Waals surface area (Å²) in [5, 5.41) is 3.36. The molecule has 0 radical (unpaired) electrons. The van der Waals surface area contributed by atoms with Gasteiger partial charge >= 0.3 is 0 Å². The largest absolute Gasteiger partial charge is 0.478 e. The number of aromatic nitrogens is 2. The quantitative estimate of drug-likeness (QED) is 0.869. The fourth-order valence-electron chi connectivity index (χ4n) is 1.94. The summed E-state index contributed by atoms with van der Waals surface area (Å²) in [7, 11) is 0. The molecule has 0 spiro atoms. The van der Waals surface area contributed by atoms with E-state index >= 15 is 0 Å². The van der Waals surface area contributed by atoms with E-state index in [9.17, 15) is 0 Å². The summed E-state index contributed by atoms with van der Waals surface area (Å²) >= 11 is 0. The van der Waals surface area contributed by atoms with Gasteiger partial charge in [0.15, 0.2) is 0 Å². The molecule has 0 aromatic carbocycles. The maximum Gasteiger partial charge on any atom is 0.226 e. The Morgan fingerprint density at radius 1 is 1.61 bits per heavy atom. The fraction of sp³-hybridized carbons (Fsp3) is 0.692. The van der Waals surface area contributed by atoms with Gasteiger partial charge in [-0.25, -0.2) is 4.98 Å². The van der Waals surface area contributed by atoms with E-state index in [1.165, 1.54) is 0 Å². The zero-order valence-corrected chi connectivity index (χ0v) is 11.3. The molecule has 1 saturated heterocycles. The molecule has 1 aromatic rings. The van der Waals surface area contributed by atoms with Crippen molar-refractivity contribution in [1.82, 2.24) is 9.97 Å². The summed E-state index contributed by atoms with van der Waals surface area (Å²) in [6, 6.07) is 1.78. The van der Waals surface area contributed by atoms with Crippen LogP contribution in [-0.4, -0.2) is 34.8 Å². The predicted octanol–water partition coefficient (Wildman–Crippen LogP) is 2.24. The average molecular weight is 251 g/mol. The number of hydrogen-bond donors (Lipinski definition) is 1. The Hall–Kier alpha value is -1.36. The first kappa shape index (κ1) is 13.1. The monoisotopic (exact) mass is 251 g/mol. The Labute approximate surface area is 108 Å². The first-order valence-electron chi connectivity index (χ1n) is 6.49. The molecule has 0 saturated carbocycles. The third-order valence-corrected chi connectivity index (χ3v) is 3.37. The third-order valence-electron chi connectivity index (χ3n) is 3.37. The Morgan fingerprint density at radius 3 is 3.11 bits per heavy atom. The van der Waals surface area contributed by atoms with E-state index < -0.39 is 0 Å². The van der Waals surface area contributed by atoms with Crippen molar-refractivity contribution >= 4 is 5.95 Å². The van der Waals surface area contributed by atoms with E-state index in [1.807, 2.05) is 0 Å². The molecule has 1 aromatic heterocycles. The number of ether oxygens (including phenoxy) is 2. The molecule has 2 heterocycles. The smallest absolute Gasteiger partial charge is 0.226 e. The lowest BCUT2D eigenvalue weighted by atomic mass is 9.95. The molecule has 5 nitrogen and oxygen atoms in total. The highest BCUT2D eigenvalue weighted by Gasteiger charge is 2.37. The lowest BCUT2D eigenvalue weighted by molar-refractivity contribution is 0.105. The highest BCUT2D eigenvalue weighted by atomic mass is 16.5. The van der Waals surface area contributed by atoms with Gasteiger partial charge in [0.05, 0.1) is 18.2 Å². The van der Waals surface area contributed by atoms with Crippen LogP contribution in [0.5, 0.6) is 5.88 Å². The molecular weight excluding hydrogens is 230 g/mol. The van der Waals surface area contributed by atoms with Crippen molar-refractivity contribution in [3.05, 3.63) is 12.3 Å². The van der Waals surface area contributed by atoms with Crippen molar-refractivity contribution in [1.29, 1.82) is 0 Å². The standard InChI is InChI=1S/C13H21N3O2/c1-4-8-18-11-5-7-14-12(15-11)16-13(3)6-9-17-10(13)2/h5,7,10H,4,6,8-9H2,1-3H3,(H,14,15,16). The van der Waals surface area contributed by atoms with Gasteiger partial charge in [-0.3, -0.25) is 0 Å². The zero-order chi connectivity index (χ0) is 13.0. The number of anilines is 1. The summed E-state index contributed by atoms with van der Waals surface area (Å²) in [4.78, 5) is 8.59. The summed E-state index contributed by atoms with van der Waals surface area (Å²) in [5.74, 6) is 1.22. The molecule has 2 rings (SSSR count). The maximum atomic E-state index is 5.59. The zero-order valence-electron chi connectivity index (χ0n) is 11.3. The van der Waals surface area contributed by atoms with E-state index in [2.05, 4.69) is 36.1 Å². The summed E-state index contributed by atoms with van der Waals surface area (Å²) in [6.07, 6.45) is 3.79. The van der Waals surface area contributed by atoms with E-state index in [0.717, 1.165) is 19.4 Å². The van der Waals surface area contributed by atoms with Gasteiger partial charge in [0, 0.05) is 18.9 Å². The second-order valence-electron chi connectivity index (χ2n) is 4.87. The van der Waals surface area contributed by atoms with Gasteiger partial charge < -0.3 is 14.8 Å². The van der Waals surface area contributed by atoms with Crippen molar-refractivity contribution in [2.24, 2.45) is 0 Å². The molecule has 0 aliphatic carbocycles. The van der Waals surface area contributed by atoms with Crippen molar-refractivity contribution < 1.29 is 9.47 Å². The number of rotatable bonds is 5. The molecule has 1 aliphatic heterocycles. The molecule has 1 N–H and O–H groups in total. The minimum Gasteiger partial charge on any atom is -0.478 e. The molecule has 1 fully saturated rings. The Kier molecular flexibility index (Phi) is 4.01. The van der Waals surface area contributed by atoms with Crippen LogP contribution < -0.4 is 10.1 Å². The van der Waals surface area contributed by atoms with Crippen LogP contribution >= 0.6 is 0 Å². The van der Waals surface area contributed by atoms with Gasteiger partial charge in [-0.15, -0.1) is 0 Å². The van der Waals surface area contributed by atoms with Crippen LogP contribution in [0.1, 0.15) is 33.6 Å². The Balaban J connectivity index is 2.04. The highest BCUT2D eigenvalue weighted by molar-refractivity contribution is 5.32. The normalized spacial score (nSPS) is 27.2. The summed E-state index contributed by atoms with van der Waals surface area (Å²) < 4.78 is 11.1.